The van der Waals surface area contributed by atoms with Gasteiger partial charge >= 0.3 is 12.1 Å². The lowest BCUT2D eigenvalue weighted by atomic mass is 10.1. The van der Waals surface area contributed by atoms with Crippen molar-refractivity contribution in [1.29, 1.82) is 0 Å². The van der Waals surface area contributed by atoms with Gasteiger partial charge in [0.1, 0.15) is 11.5 Å². The van der Waals surface area contributed by atoms with Crippen molar-refractivity contribution >= 4 is 11.8 Å². The van der Waals surface area contributed by atoms with Crippen LogP contribution in [0, 0.1) is 0 Å². The number of alkyl halides is 3. The van der Waals surface area contributed by atoms with Gasteiger partial charge < -0.3 is 10.5 Å². The predicted molar refractivity (Wildman–Crippen MR) is 49.4 cm³/mol. The quantitative estimate of drug-likeness (QED) is 0.785. The van der Waals surface area contributed by atoms with Crippen LogP contribution in [0.3, 0.4) is 0 Å². The lowest BCUT2D eigenvalue weighted by molar-refractivity contribution is -0.141. The van der Waals surface area contributed by atoms with Crippen molar-refractivity contribution in [3.05, 3.63) is 23.4 Å². The van der Waals surface area contributed by atoms with E-state index in [0.717, 1.165) is 12.1 Å². The number of ether oxygens (including phenoxy) is 1. The number of pyridine rings is 1. The zero-order valence-corrected chi connectivity index (χ0v) is 8.34. The molecule has 4 nitrogen and oxygen atoms in total. The zero-order valence-electron chi connectivity index (χ0n) is 8.34. The van der Waals surface area contributed by atoms with E-state index in [-0.39, 0.29) is 17.8 Å². The first-order valence-corrected chi connectivity index (χ1v) is 4.24. The van der Waals surface area contributed by atoms with E-state index in [1.54, 1.807) is 0 Å². The summed E-state index contributed by atoms with van der Waals surface area (Å²) in [6.07, 6.45) is -4.74. The second-order valence-electron chi connectivity index (χ2n) is 2.99. The molecule has 0 bridgehead atoms. The van der Waals surface area contributed by atoms with Crippen LogP contribution in [0.25, 0.3) is 0 Å². The molecule has 0 amide bonds. The summed E-state index contributed by atoms with van der Waals surface area (Å²) >= 11 is 0. The number of halogens is 3. The first kappa shape index (κ1) is 12.3. The van der Waals surface area contributed by atoms with Gasteiger partial charge in [-0.2, -0.15) is 13.2 Å². The second kappa shape index (κ2) is 4.38. The average molecular weight is 234 g/mol. The molecule has 0 aliphatic carbocycles. The molecule has 0 fully saturated rings. The van der Waals surface area contributed by atoms with Gasteiger partial charge in [0, 0.05) is 5.56 Å². The summed E-state index contributed by atoms with van der Waals surface area (Å²) in [5.74, 6) is -0.909. The summed E-state index contributed by atoms with van der Waals surface area (Å²) in [6, 6.07) is 1.89. The standard InChI is InChI=1S/C9H9F3N2O2/c1-16-7(15)4-5-2-3-6(9(10,11)12)14-8(5)13/h2-3H,4H2,1H3,(H2,13,14). The number of nitrogen functional groups attached to an aromatic ring is 1. The van der Waals surface area contributed by atoms with E-state index in [1.807, 2.05) is 0 Å². The van der Waals surface area contributed by atoms with Gasteiger partial charge in [-0.1, -0.05) is 6.07 Å². The van der Waals surface area contributed by atoms with Crippen molar-refractivity contribution in [3.63, 3.8) is 0 Å². The Morgan fingerprint density at radius 3 is 2.56 bits per heavy atom. The predicted octanol–water partition coefficient (Wildman–Crippen LogP) is 1.40. The molecule has 0 saturated heterocycles. The van der Waals surface area contributed by atoms with Crippen LogP contribution < -0.4 is 5.73 Å². The zero-order chi connectivity index (χ0) is 12.3. The Balaban J connectivity index is 2.96. The molecule has 0 unspecified atom stereocenters. The molecule has 1 aromatic heterocycles. The topological polar surface area (TPSA) is 65.2 Å². The van der Waals surface area contributed by atoms with Crippen LogP contribution in [0.4, 0.5) is 19.0 Å². The lowest BCUT2D eigenvalue weighted by Gasteiger charge is -2.08. The first-order chi connectivity index (χ1) is 7.34. The Hall–Kier alpha value is -1.79. The van der Waals surface area contributed by atoms with Gasteiger partial charge in [0.15, 0.2) is 0 Å². The largest absolute Gasteiger partial charge is 0.469 e. The fraction of sp³-hybridized carbons (Fsp3) is 0.333. The summed E-state index contributed by atoms with van der Waals surface area (Å²) in [7, 11) is 1.18. The van der Waals surface area contributed by atoms with Crippen molar-refractivity contribution in [1.82, 2.24) is 4.98 Å². The molecule has 0 spiro atoms. The van der Waals surface area contributed by atoms with Crippen LogP contribution in [0.15, 0.2) is 12.1 Å². The number of nitrogens with two attached hydrogens (primary N) is 1. The van der Waals surface area contributed by atoms with Crippen molar-refractivity contribution < 1.29 is 22.7 Å². The second-order valence-corrected chi connectivity index (χ2v) is 2.99. The molecule has 0 aliphatic rings. The van der Waals surface area contributed by atoms with Gasteiger partial charge in [0.25, 0.3) is 0 Å². The Morgan fingerprint density at radius 1 is 1.50 bits per heavy atom. The highest BCUT2D eigenvalue weighted by atomic mass is 19.4. The molecular formula is C9H9F3N2O2. The number of nitrogens with zero attached hydrogens (tertiary/aromatic N) is 1. The van der Waals surface area contributed by atoms with E-state index < -0.39 is 17.8 Å². The van der Waals surface area contributed by atoms with Gasteiger partial charge in [-0.25, -0.2) is 4.98 Å². The molecule has 2 N–H and O–H groups in total. The Kier molecular flexibility index (Phi) is 3.36. The number of carbonyl (C=O) groups is 1. The highest BCUT2D eigenvalue weighted by Gasteiger charge is 2.32. The minimum absolute atomic E-state index is 0.201. The van der Waals surface area contributed by atoms with Gasteiger partial charge in [0.2, 0.25) is 0 Å². The Labute approximate surface area is 89.2 Å². The molecule has 0 atom stereocenters. The van der Waals surface area contributed by atoms with Crippen LogP contribution in [0.1, 0.15) is 11.3 Å². The van der Waals surface area contributed by atoms with Crippen LogP contribution in [-0.2, 0) is 22.1 Å². The number of anilines is 1. The fourth-order valence-corrected chi connectivity index (χ4v) is 1.04. The maximum Gasteiger partial charge on any atom is 0.433 e. The minimum atomic E-state index is -4.54. The highest BCUT2D eigenvalue weighted by molar-refractivity contribution is 5.74. The summed E-state index contributed by atoms with van der Waals surface area (Å²) in [5, 5.41) is 0. The van der Waals surface area contributed by atoms with Crippen molar-refractivity contribution in [2.24, 2.45) is 0 Å². The SMILES string of the molecule is COC(=O)Cc1ccc(C(F)(F)F)nc1N. The molecule has 88 valence electrons. The summed E-state index contributed by atoms with van der Waals surface area (Å²) in [5.41, 5.74) is 4.43. The molecule has 1 heterocycles. The number of rotatable bonds is 2. The van der Waals surface area contributed by atoms with E-state index in [1.165, 1.54) is 7.11 Å². The maximum absolute atomic E-state index is 12.2. The number of carbonyl (C=O) groups excluding carboxylic acids is 1. The number of hydrogen-bond donors (Lipinski definition) is 1. The maximum atomic E-state index is 12.2. The van der Waals surface area contributed by atoms with E-state index in [2.05, 4.69) is 9.72 Å². The van der Waals surface area contributed by atoms with Crippen LogP contribution in [0.2, 0.25) is 0 Å². The molecule has 0 radical (unpaired) electrons. The first-order valence-electron chi connectivity index (χ1n) is 4.24. The van der Waals surface area contributed by atoms with E-state index >= 15 is 0 Å². The highest BCUT2D eigenvalue weighted by Crippen LogP contribution is 2.28. The van der Waals surface area contributed by atoms with Crippen molar-refractivity contribution in [2.75, 3.05) is 12.8 Å². The molecule has 1 rings (SSSR count). The molecule has 0 saturated carbocycles. The molecular weight excluding hydrogens is 225 g/mol. The lowest BCUT2D eigenvalue weighted by Crippen LogP contribution is -2.13. The van der Waals surface area contributed by atoms with Gasteiger partial charge in [0.05, 0.1) is 13.5 Å². The number of hydrogen-bond acceptors (Lipinski definition) is 4. The summed E-state index contributed by atoms with van der Waals surface area (Å²) in [6.45, 7) is 0. The summed E-state index contributed by atoms with van der Waals surface area (Å²) < 4.78 is 41.0. The van der Waals surface area contributed by atoms with Crippen molar-refractivity contribution in [2.45, 2.75) is 12.6 Å². The molecule has 16 heavy (non-hydrogen) atoms. The van der Waals surface area contributed by atoms with Gasteiger partial charge in [-0.3, -0.25) is 4.79 Å². The summed E-state index contributed by atoms with van der Waals surface area (Å²) in [4.78, 5) is 14.1. The van der Waals surface area contributed by atoms with Gasteiger partial charge in [-0.05, 0) is 6.07 Å². The van der Waals surface area contributed by atoms with Crippen LogP contribution >= 0.6 is 0 Å². The van der Waals surface area contributed by atoms with Crippen molar-refractivity contribution in [3.8, 4) is 0 Å². The van der Waals surface area contributed by atoms with E-state index in [9.17, 15) is 18.0 Å². The number of esters is 1. The smallest absolute Gasteiger partial charge is 0.433 e. The van der Waals surface area contributed by atoms with Crippen LogP contribution in [-0.4, -0.2) is 18.1 Å². The van der Waals surface area contributed by atoms with E-state index in [4.69, 9.17) is 5.73 Å². The average Bonchev–Trinajstić information content (AvgIpc) is 2.19. The monoisotopic (exact) mass is 234 g/mol. The number of methoxy groups -OCH3 is 1. The van der Waals surface area contributed by atoms with Crippen LogP contribution in [0.5, 0.6) is 0 Å². The molecule has 0 aliphatic heterocycles. The minimum Gasteiger partial charge on any atom is -0.469 e. The molecule has 0 aromatic carbocycles. The third kappa shape index (κ3) is 2.85. The fourth-order valence-electron chi connectivity index (χ4n) is 1.04. The third-order valence-corrected chi connectivity index (χ3v) is 1.87. The third-order valence-electron chi connectivity index (χ3n) is 1.87. The Bertz CT molecular complexity index is 404. The number of aromatic nitrogens is 1. The normalized spacial score (nSPS) is 11.2. The molecule has 7 heteroatoms. The van der Waals surface area contributed by atoms with E-state index in [0.29, 0.717) is 0 Å². The molecule has 1 aromatic rings. The van der Waals surface area contributed by atoms with Gasteiger partial charge in [-0.15, -0.1) is 0 Å². The Morgan fingerprint density at radius 2 is 2.12 bits per heavy atom.